The lowest BCUT2D eigenvalue weighted by Crippen LogP contribution is -2.27. The molecule has 2 heterocycles. The van der Waals surface area contributed by atoms with Gasteiger partial charge in [-0.2, -0.15) is 0 Å². The summed E-state index contributed by atoms with van der Waals surface area (Å²) in [6.07, 6.45) is 2.32. The first-order valence-electron chi connectivity index (χ1n) is 7.01. The molecular formula is C15H20ClNO2. The van der Waals surface area contributed by atoms with Crippen LogP contribution in [-0.4, -0.2) is 19.9 Å². The van der Waals surface area contributed by atoms with Crippen molar-refractivity contribution in [2.45, 2.75) is 38.5 Å². The summed E-state index contributed by atoms with van der Waals surface area (Å²) in [6, 6.07) is 2.10. The summed E-state index contributed by atoms with van der Waals surface area (Å²) in [6.45, 7) is 6.85. The van der Waals surface area contributed by atoms with Crippen LogP contribution < -0.4 is 14.8 Å². The van der Waals surface area contributed by atoms with Gasteiger partial charge in [-0.25, -0.2) is 0 Å². The van der Waals surface area contributed by atoms with Crippen LogP contribution in [0.2, 0.25) is 5.02 Å². The third kappa shape index (κ3) is 2.30. The highest BCUT2D eigenvalue weighted by Crippen LogP contribution is 2.48. The molecule has 1 saturated heterocycles. The molecule has 0 radical (unpaired) electrons. The fourth-order valence-corrected chi connectivity index (χ4v) is 3.39. The van der Waals surface area contributed by atoms with Crippen LogP contribution in [0.4, 0.5) is 0 Å². The molecule has 3 rings (SSSR count). The van der Waals surface area contributed by atoms with Crippen molar-refractivity contribution in [2.75, 3.05) is 19.9 Å². The van der Waals surface area contributed by atoms with Gasteiger partial charge in [0.25, 0.3) is 0 Å². The minimum Gasteiger partial charge on any atom is -0.453 e. The molecule has 1 N–H and O–H groups in total. The zero-order valence-corrected chi connectivity index (χ0v) is 12.2. The zero-order valence-electron chi connectivity index (χ0n) is 11.5. The molecule has 104 valence electrons. The van der Waals surface area contributed by atoms with Crippen molar-refractivity contribution in [3.63, 3.8) is 0 Å². The van der Waals surface area contributed by atoms with Crippen LogP contribution in [0.15, 0.2) is 6.07 Å². The largest absolute Gasteiger partial charge is 0.453 e. The summed E-state index contributed by atoms with van der Waals surface area (Å²) >= 11 is 6.35. The second-order valence-electron chi connectivity index (χ2n) is 5.61. The van der Waals surface area contributed by atoms with Gasteiger partial charge in [0.15, 0.2) is 11.5 Å². The second-order valence-corrected chi connectivity index (χ2v) is 6.01. The van der Waals surface area contributed by atoms with E-state index in [0.29, 0.717) is 16.9 Å². The summed E-state index contributed by atoms with van der Waals surface area (Å²) in [5.74, 6) is 2.59. The van der Waals surface area contributed by atoms with Gasteiger partial charge in [0.05, 0.1) is 5.02 Å². The van der Waals surface area contributed by atoms with Crippen molar-refractivity contribution >= 4 is 11.6 Å². The molecule has 0 atom stereocenters. The van der Waals surface area contributed by atoms with Gasteiger partial charge in [-0.1, -0.05) is 25.4 Å². The third-order valence-electron chi connectivity index (χ3n) is 4.02. The summed E-state index contributed by atoms with van der Waals surface area (Å²) in [5, 5.41) is 4.10. The maximum atomic E-state index is 6.35. The Balaban J connectivity index is 2.09. The summed E-state index contributed by atoms with van der Waals surface area (Å²) < 4.78 is 11.2. The molecule has 19 heavy (non-hydrogen) atoms. The average Bonchev–Trinajstić information content (AvgIpc) is 2.88. The van der Waals surface area contributed by atoms with Gasteiger partial charge in [-0.15, -0.1) is 0 Å². The highest BCUT2D eigenvalue weighted by molar-refractivity contribution is 6.32. The van der Waals surface area contributed by atoms with Crippen LogP contribution in [0.3, 0.4) is 0 Å². The first-order chi connectivity index (χ1) is 9.18. The molecule has 0 aromatic heterocycles. The Morgan fingerprint density at radius 3 is 2.58 bits per heavy atom. The molecular weight excluding hydrogens is 262 g/mol. The normalized spacial score (nSPS) is 19.2. The molecule has 0 spiro atoms. The maximum absolute atomic E-state index is 6.35. The van der Waals surface area contributed by atoms with E-state index in [2.05, 4.69) is 25.2 Å². The smallest absolute Gasteiger partial charge is 0.231 e. The van der Waals surface area contributed by atoms with Crippen LogP contribution in [0, 0.1) is 0 Å². The van der Waals surface area contributed by atoms with Crippen molar-refractivity contribution < 1.29 is 9.47 Å². The molecule has 1 fully saturated rings. The number of rotatable bonds is 2. The Morgan fingerprint density at radius 2 is 1.89 bits per heavy atom. The summed E-state index contributed by atoms with van der Waals surface area (Å²) in [7, 11) is 0. The Morgan fingerprint density at radius 1 is 1.21 bits per heavy atom. The minimum atomic E-state index is 0.282. The van der Waals surface area contributed by atoms with Crippen molar-refractivity contribution in [3.8, 4) is 11.5 Å². The lowest BCUT2D eigenvalue weighted by atomic mass is 9.83. The van der Waals surface area contributed by atoms with E-state index in [4.69, 9.17) is 21.1 Å². The maximum Gasteiger partial charge on any atom is 0.231 e. The van der Waals surface area contributed by atoms with E-state index in [1.54, 1.807) is 0 Å². The monoisotopic (exact) mass is 281 g/mol. The van der Waals surface area contributed by atoms with E-state index in [1.807, 2.05) is 0 Å². The second kappa shape index (κ2) is 5.22. The van der Waals surface area contributed by atoms with Crippen molar-refractivity contribution in [1.29, 1.82) is 0 Å². The van der Waals surface area contributed by atoms with Gasteiger partial charge < -0.3 is 14.8 Å². The molecule has 0 saturated carbocycles. The number of fused-ring (bicyclic) bond motifs is 1. The number of benzene rings is 1. The highest BCUT2D eigenvalue weighted by atomic mass is 35.5. The molecule has 1 aromatic rings. The van der Waals surface area contributed by atoms with Crippen LogP contribution in [-0.2, 0) is 0 Å². The van der Waals surface area contributed by atoms with Crippen molar-refractivity contribution in [1.82, 2.24) is 5.32 Å². The molecule has 0 amide bonds. The van der Waals surface area contributed by atoms with E-state index in [1.165, 1.54) is 11.1 Å². The van der Waals surface area contributed by atoms with Gasteiger partial charge in [0, 0.05) is 5.56 Å². The standard InChI is InChI=1S/C15H20ClNO2/c1-9(2)13-11(10-3-5-17-6-4-10)7-12(16)14-15(13)19-8-18-14/h7,9-10,17H,3-6,8H2,1-2H3. The Kier molecular flexibility index (Phi) is 3.59. The van der Waals surface area contributed by atoms with E-state index in [-0.39, 0.29) is 6.79 Å². The molecule has 4 heteroatoms. The minimum absolute atomic E-state index is 0.282. The zero-order chi connectivity index (χ0) is 13.4. The van der Waals surface area contributed by atoms with Crippen LogP contribution in [0.5, 0.6) is 11.5 Å². The third-order valence-corrected chi connectivity index (χ3v) is 4.30. The number of hydrogen-bond acceptors (Lipinski definition) is 3. The van der Waals surface area contributed by atoms with Crippen LogP contribution in [0.25, 0.3) is 0 Å². The molecule has 2 aliphatic heterocycles. The molecule has 0 aliphatic carbocycles. The summed E-state index contributed by atoms with van der Waals surface area (Å²) in [4.78, 5) is 0. The van der Waals surface area contributed by atoms with Crippen LogP contribution >= 0.6 is 11.6 Å². The lowest BCUT2D eigenvalue weighted by molar-refractivity contribution is 0.173. The fraction of sp³-hybridized carbons (Fsp3) is 0.600. The number of nitrogens with one attached hydrogen (secondary N) is 1. The van der Waals surface area contributed by atoms with Crippen molar-refractivity contribution in [3.05, 3.63) is 22.2 Å². The fourth-order valence-electron chi connectivity index (χ4n) is 3.13. The Hall–Kier alpha value is -0.930. The predicted molar refractivity (Wildman–Crippen MR) is 76.5 cm³/mol. The molecule has 1 aromatic carbocycles. The first-order valence-corrected chi connectivity index (χ1v) is 7.39. The molecule has 0 bridgehead atoms. The molecule has 2 aliphatic rings. The summed E-state index contributed by atoms with van der Waals surface area (Å²) in [5.41, 5.74) is 2.63. The predicted octanol–water partition coefficient (Wildman–Crippen LogP) is 3.66. The molecule has 3 nitrogen and oxygen atoms in total. The number of halogens is 1. The average molecular weight is 282 g/mol. The highest BCUT2D eigenvalue weighted by Gasteiger charge is 2.29. The topological polar surface area (TPSA) is 30.5 Å². The van der Waals surface area contributed by atoms with Crippen LogP contribution in [0.1, 0.15) is 49.7 Å². The molecule has 0 unspecified atom stereocenters. The number of piperidine rings is 1. The van der Waals surface area contributed by atoms with E-state index < -0.39 is 0 Å². The van der Waals surface area contributed by atoms with Crippen molar-refractivity contribution in [2.24, 2.45) is 0 Å². The van der Waals surface area contributed by atoms with Gasteiger partial charge >= 0.3 is 0 Å². The number of hydrogen-bond donors (Lipinski definition) is 1. The first kappa shape index (κ1) is 13.1. The van der Waals surface area contributed by atoms with E-state index >= 15 is 0 Å². The quantitative estimate of drug-likeness (QED) is 0.897. The van der Waals surface area contributed by atoms with Gasteiger partial charge in [-0.3, -0.25) is 0 Å². The van der Waals surface area contributed by atoms with Gasteiger partial charge in [0.1, 0.15) is 0 Å². The van der Waals surface area contributed by atoms with E-state index in [9.17, 15) is 0 Å². The SMILES string of the molecule is CC(C)c1c(C2CCNCC2)cc(Cl)c2c1OCO2. The van der Waals surface area contributed by atoms with E-state index in [0.717, 1.165) is 37.4 Å². The number of ether oxygens (including phenoxy) is 2. The Bertz CT molecular complexity index is 482. The van der Waals surface area contributed by atoms with Gasteiger partial charge in [-0.05, 0) is 49.4 Å². The lowest BCUT2D eigenvalue weighted by Gasteiger charge is -2.27. The Labute approximate surface area is 119 Å². The van der Waals surface area contributed by atoms with Gasteiger partial charge in [0.2, 0.25) is 6.79 Å².